The number of nitrogens with one attached hydrogen (secondary N) is 1. The Hall–Kier alpha value is -1.89. The van der Waals surface area contributed by atoms with Crippen molar-refractivity contribution >= 4 is 11.8 Å². The van der Waals surface area contributed by atoms with Crippen LogP contribution in [0.4, 0.5) is 0 Å². The van der Waals surface area contributed by atoms with Gasteiger partial charge in [0.1, 0.15) is 5.76 Å². The first-order valence-electron chi connectivity index (χ1n) is 10.8. The fraction of sp³-hybridized carbons (Fsp3) is 0.762. The van der Waals surface area contributed by atoms with Crippen LogP contribution < -0.4 is 11.1 Å². The minimum absolute atomic E-state index is 0.0542. The molecule has 7 heteroatoms. The summed E-state index contributed by atoms with van der Waals surface area (Å²) in [5.74, 6) is 1.95. The highest BCUT2D eigenvalue weighted by molar-refractivity contribution is 5.92. The molecule has 1 atom stereocenters. The second kappa shape index (κ2) is 8.23. The zero-order valence-corrected chi connectivity index (χ0v) is 16.7. The molecule has 1 saturated heterocycles. The molecule has 1 aromatic heterocycles. The van der Waals surface area contributed by atoms with Crippen LogP contribution in [0, 0.1) is 11.8 Å². The van der Waals surface area contributed by atoms with E-state index in [1.807, 2.05) is 11.8 Å². The highest BCUT2D eigenvalue weighted by atomic mass is 16.5. The Morgan fingerprint density at radius 1 is 1.14 bits per heavy atom. The molecular formula is C21H32N4O3. The van der Waals surface area contributed by atoms with Gasteiger partial charge in [-0.2, -0.15) is 0 Å². The van der Waals surface area contributed by atoms with Gasteiger partial charge in [0.2, 0.25) is 5.91 Å². The van der Waals surface area contributed by atoms with Gasteiger partial charge in [-0.3, -0.25) is 9.59 Å². The molecule has 1 aromatic rings. The summed E-state index contributed by atoms with van der Waals surface area (Å²) >= 11 is 0. The fourth-order valence-corrected chi connectivity index (χ4v) is 4.60. The largest absolute Gasteiger partial charge is 0.360 e. The molecule has 28 heavy (non-hydrogen) atoms. The van der Waals surface area contributed by atoms with Crippen molar-refractivity contribution in [3.63, 3.8) is 0 Å². The quantitative estimate of drug-likeness (QED) is 0.807. The van der Waals surface area contributed by atoms with Crippen LogP contribution in [0.2, 0.25) is 0 Å². The Kier molecular flexibility index (Phi) is 5.71. The molecule has 2 heterocycles. The van der Waals surface area contributed by atoms with E-state index in [4.69, 9.17) is 10.3 Å². The smallest absolute Gasteiger partial charge is 0.273 e. The SMILES string of the molecule is C[C@H](NC(=O)c1cc(C2CC2)on1)C1CCN(C(=O)C2CCC(N)CC2)CC1. The first kappa shape index (κ1) is 19.4. The Labute approximate surface area is 166 Å². The predicted molar refractivity (Wildman–Crippen MR) is 105 cm³/mol. The summed E-state index contributed by atoms with van der Waals surface area (Å²) in [7, 11) is 0. The third-order valence-corrected chi connectivity index (χ3v) is 6.78. The van der Waals surface area contributed by atoms with Crippen molar-refractivity contribution in [2.24, 2.45) is 17.6 Å². The highest BCUT2D eigenvalue weighted by Crippen LogP contribution is 2.40. The molecule has 0 bridgehead atoms. The van der Waals surface area contributed by atoms with Crippen LogP contribution in [0.1, 0.15) is 80.5 Å². The summed E-state index contributed by atoms with van der Waals surface area (Å²) in [5, 5.41) is 6.99. The maximum atomic E-state index is 12.8. The van der Waals surface area contributed by atoms with Gasteiger partial charge in [-0.1, -0.05) is 5.16 Å². The number of aromatic nitrogens is 1. The van der Waals surface area contributed by atoms with Crippen molar-refractivity contribution in [3.8, 4) is 0 Å². The average Bonchev–Trinajstić information content (AvgIpc) is 3.44. The number of piperidine rings is 1. The molecule has 0 radical (unpaired) electrons. The number of carbonyl (C=O) groups is 2. The molecule has 4 rings (SSSR count). The van der Waals surface area contributed by atoms with Crippen molar-refractivity contribution in [1.29, 1.82) is 0 Å². The summed E-state index contributed by atoms with van der Waals surface area (Å²) in [5.41, 5.74) is 6.33. The van der Waals surface area contributed by atoms with Crippen LogP contribution in [-0.4, -0.2) is 47.0 Å². The predicted octanol–water partition coefficient (Wildman–Crippen LogP) is 2.43. The number of nitrogens with zero attached hydrogens (tertiary/aromatic N) is 2. The van der Waals surface area contributed by atoms with Crippen molar-refractivity contribution in [1.82, 2.24) is 15.4 Å². The molecule has 2 aliphatic carbocycles. The molecule has 1 aliphatic heterocycles. The standard InChI is InChI=1S/C21H32N4O3/c1-13(23-20(26)18-12-19(28-24-18)15-2-3-15)14-8-10-25(11-9-14)21(27)16-4-6-17(22)7-5-16/h12-17H,2-11,22H2,1H3,(H,23,26)/t13-,16?,17?/m0/s1. The fourth-order valence-electron chi connectivity index (χ4n) is 4.60. The van der Waals surface area contributed by atoms with Crippen LogP contribution in [0.25, 0.3) is 0 Å². The van der Waals surface area contributed by atoms with Crippen molar-refractivity contribution in [2.75, 3.05) is 13.1 Å². The van der Waals surface area contributed by atoms with E-state index in [2.05, 4.69) is 10.5 Å². The van der Waals surface area contributed by atoms with E-state index in [1.54, 1.807) is 6.07 Å². The molecule has 0 unspecified atom stereocenters. The lowest BCUT2D eigenvalue weighted by Gasteiger charge is -2.37. The van der Waals surface area contributed by atoms with E-state index >= 15 is 0 Å². The lowest BCUT2D eigenvalue weighted by molar-refractivity contribution is -0.138. The van der Waals surface area contributed by atoms with E-state index in [0.717, 1.165) is 70.2 Å². The van der Waals surface area contributed by atoms with E-state index in [9.17, 15) is 9.59 Å². The van der Waals surface area contributed by atoms with Crippen LogP contribution in [0.5, 0.6) is 0 Å². The molecule has 0 spiro atoms. The van der Waals surface area contributed by atoms with Crippen LogP contribution >= 0.6 is 0 Å². The number of amides is 2. The first-order chi connectivity index (χ1) is 13.5. The van der Waals surface area contributed by atoms with Gasteiger partial charge in [0.25, 0.3) is 5.91 Å². The molecular weight excluding hydrogens is 356 g/mol. The number of carbonyl (C=O) groups excluding carboxylic acids is 2. The van der Waals surface area contributed by atoms with Crippen LogP contribution in [0.3, 0.4) is 0 Å². The van der Waals surface area contributed by atoms with Gasteiger partial charge >= 0.3 is 0 Å². The van der Waals surface area contributed by atoms with Gasteiger partial charge in [0.15, 0.2) is 5.69 Å². The normalized spacial score (nSPS) is 27.4. The summed E-state index contributed by atoms with van der Waals surface area (Å²) < 4.78 is 5.28. The average molecular weight is 389 g/mol. The maximum Gasteiger partial charge on any atom is 0.273 e. The van der Waals surface area contributed by atoms with E-state index in [1.165, 1.54) is 0 Å². The first-order valence-corrected chi connectivity index (χ1v) is 10.8. The molecule has 2 amide bonds. The summed E-state index contributed by atoms with van der Waals surface area (Å²) in [6, 6.07) is 2.10. The third kappa shape index (κ3) is 4.40. The number of nitrogens with two attached hydrogens (primary N) is 1. The van der Waals surface area contributed by atoms with Gasteiger partial charge in [-0.05, 0) is 64.2 Å². The Balaban J connectivity index is 1.23. The van der Waals surface area contributed by atoms with Gasteiger partial charge in [0.05, 0.1) is 0 Å². The van der Waals surface area contributed by atoms with Gasteiger partial charge in [-0.25, -0.2) is 0 Å². The molecule has 154 valence electrons. The maximum absolute atomic E-state index is 12.8. The monoisotopic (exact) mass is 388 g/mol. The molecule has 3 aliphatic rings. The zero-order chi connectivity index (χ0) is 19.7. The van der Waals surface area contributed by atoms with E-state index in [0.29, 0.717) is 23.4 Å². The minimum Gasteiger partial charge on any atom is -0.360 e. The van der Waals surface area contributed by atoms with Crippen molar-refractivity contribution in [2.45, 2.75) is 76.3 Å². The number of hydrogen-bond donors (Lipinski definition) is 2. The lowest BCUT2D eigenvalue weighted by Crippen LogP contribution is -2.47. The summed E-state index contributed by atoms with van der Waals surface area (Å²) in [4.78, 5) is 27.2. The van der Waals surface area contributed by atoms with Crippen molar-refractivity contribution < 1.29 is 14.1 Å². The lowest BCUT2D eigenvalue weighted by atomic mass is 9.84. The van der Waals surface area contributed by atoms with E-state index < -0.39 is 0 Å². The molecule has 2 saturated carbocycles. The molecule has 7 nitrogen and oxygen atoms in total. The molecule has 3 N–H and O–H groups in total. The Bertz CT molecular complexity index is 698. The highest BCUT2D eigenvalue weighted by Gasteiger charge is 2.33. The Morgan fingerprint density at radius 3 is 2.46 bits per heavy atom. The van der Waals surface area contributed by atoms with E-state index in [-0.39, 0.29) is 23.9 Å². The third-order valence-electron chi connectivity index (χ3n) is 6.78. The zero-order valence-electron chi connectivity index (χ0n) is 16.7. The topological polar surface area (TPSA) is 101 Å². The van der Waals surface area contributed by atoms with Crippen molar-refractivity contribution in [3.05, 3.63) is 17.5 Å². The number of rotatable bonds is 5. The number of likely N-dealkylation sites (tertiary alicyclic amines) is 1. The second-order valence-electron chi connectivity index (χ2n) is 8.93. The van der Waals surface area contributed by atoms with Gasteiger partial charge < -0.3 is 20.5 Å². The van der Waals surface area contributed by atoms with Gasteiger partial charge in [-0.15, -0.1) is 0 Å². The minimum atomic E-state index is -0.166. The Morgan fingerprint density at radius 2 is 1.82 bits per heavy atom. The molecule has 3 fully saturated rings. The summed E-state index contributed by atoms with van der Waals surface area (Å²) in [6.45, 7) is 3.61. The van der Waals surface area contributed by atoms with Crippen LogP contribution in [0.15, 0.2) is 10.6 Å². The summed E-state index contributed by atoms with van der Waals surface area (Å²) in [6.07, 6.45) is 7.85. The van der Waals surface area contributed by atoms with Gasteiger partial charge in [0, 0.05) is 43.1 Å². The van der Waals surface area contributed by atoms with Crippen LogP contribution in [-0.2, 0) is 4.79 Å². The molecule has 0 aromatic carbocycles. The second-order valence-corrected chi connectivity index (χ2v) is 8.93. The number of hydrogen-bond acceptors (Lipinski definition) is 5.